The molecule has 0 radical (unpaired) electrons. The molecule has 19 heavy (non-hydrogen) atoms. The van der Waals surface area contributed by atoms with Crippen molar-refractivity contribution in [1.29, 1.82) is 5.26 Å². The number of nitrogens with one attached hydrogen (secondary N) is 1. The molecule has 0 aromatic heterocycles. The van der Waals surface area contributed by atoms with Crippen LogP contribution in [0.25, 0.3) is 0 Å². The lowest BCUT2D eigenvalue weighted by Crippen LogP contribution is -2.46. The molecule has 1 amide bonds. The molecule has 0 fully saturated rings. The van der Waals surface area contributed by atoms with Crippen LogP contribution in [0.3, 0.4) is 0 Å². The van der Waals surface area contributed by atoms with Gasteiger partial charge in [0.05, 0.1) is 12.1 Å². The highest BCUT2D eigenvalue weighted by atomic mass is 16.2. The van der Waals surface area contributed by atoms with Crippen LogP contribution in [-0.4, -0.2) is 29.4 Å². The normalized spacial score (nSPS) is 12.2. The van der Waals surface area contributed by atoms with Gasteiger partial charge in [0, 0.05) is 24.7 Å². The van der Waals surface area contributed by atoms with Gasteiger partial charge in [-0.15, -0.1) is 0 Å². The second-order valence-electron chi connectivity index (χ2n) is 4.77. The van der Waals surface area contributed by atoms with E-state index in [-0.39, 0.29) is 18.0 Å². The van der Waals surface area contributed by atoms with Crippen LogP contribution in [0.4, 0.5) is 5.69 Å². The number of carbonyl (C=O) groups is 1. The molecule has 0 saturated carbocycles. The highest BCUT2D eigenvalue weighted by molar-refractivity contribution is 5.94. The first-order valence-electron chi connectivity index (χ1n) is 6.55. The number of carbonyl (C=O) groups excluding carboxylic acids is 1. The Morgan fingerprint density at radius 2 is 1.95 bits per heavy atom. The lowest BCUT2D eigenvalue weighted by Gasteiger charge is -2.31. The topological polar surface area (TPSA) is 56.1 Å². The van der Waals surface area contributed by atoms with Crippen LogP contribution in [0.5, 0.6) is 0 Å². The molecule has 4 nitrogen and oxygen atoms in total. The standard InChI is InChI=1S/C15H21N3O/c1-12(2)18(11-7-10-16)13(3)15(19)17-14-8-5-4-6-9-14/h4-6,8-9,12-13H,7,11H2,1-3H3,(H,17,19). The molecule has 0 bridgehead atoms. The predicted octanol–water partition coefficient (Wildman–Crippen LogP) is 2.64. The molecule has 1 atom stereocenters. The number of nitrogens with zero attached hydrogens (tertiary/aromatic N) is 2. The summed E-state index contributed by atoms with van der Waals surface area (Å²) in [5, 5.41) is 11.6. The van der Waals surface area contributed by atoms with Crippen molar-refractivity contribution >= 4 is 11.6 Å². The fourth-order valence-corrected chi connectivity index (χ4v) is 2.00. The zero-order chi connectivity index (χ0) is 14.3. The van der Waals surface area contributed by atoms with Crippen molar-refractivity contribution in [2.45, 2.75) is 39.3 Å². The van der Waals surface area contributed by atoms with Gasteiger partial charge in [-0.05, 0) is 32.9 Å². The summed E-state index contributed by atoms with van der Waals surface area (Å²) in [5.41, 5.74) is 0.795. The van der Waals surface area contributed by atoms with Crippen LogP contribution in [0.15, 0.2) is 30.3 Å². The van der Waals surface area contributed by atoms with Crippen LogP contribution >= 0.6 is 0 Å². The minimum Gasteiger partial charge on any atom is -0.325 e. The SMILES string of the molecule is CC(C)N(CCC#N)C(C)C(=O)Nc1ccccc1. The third-order valence-corrected chi connectivity index (χ3v) is 3.06. The van der Waals surface area contributed by atoms with E-state index in [0.29, 0.717) is 13.0 Å². The molecular weight excluding hydrogens is 238 g/mol. The van der Waals surface area contributed by atoms with Crippen LogP contribution in [0, 0.1) is 11.3 Å². The molecule has 0 aliphatic rings. The van der Waals surface area contributed by atoms with Gasteiger partial charge in [0.25, 0.3) is 0 Å². The second kappa shape index (κ2) is 7.55. The number of hydrogen-bond acceptors (Lipinski definition) is 3. The van der Waals surface area contributed by atoms with E-state index in [2.05, 4.69) is 11.4 Å². The van der Waals surface area contributed by atoms with E-state index < -0.39 is 0 Å². The van der Waals surface area contributed by atoms with Crippen LogP contribution in [0.1, 0.15) is 27.2 Å². The molecule has 0 saturated heterocycles. The summed E-state index contributed by atoms with van der Waals surface area (Å²) in [5.74, 6) is -0.0437. The minimum absolute atomic E-state index is 0.0437. The zero-order valence-electron chi connectivity index (χ0n) is 11.8. The van der Waals surface area contributed by atoms with Gasteiger partial charge < -0.3 is 5.32 Å². The molecule has 1 rings (SSSR count). The molecular formula is C15H21N3O. The van der Waals surface area contributed by atoms with Crippen molar-refractivity contribution in [3.63, 3.8) is 0 Å². The molecule has 4 heteroatoms. The van der Waals surface area contributed by atoms with Gasteiger partial charge >= 0.3 is 0 Å². The molecule has 1 unspecified atom stereocenters. The van der Waals surface area contributed by atoms with Gasteiger partial charge in [0.2, 0.25) is 5.91 Å². The molecule has 1 N–H and O–H groups in total. The number of anilines is 1. The first kappa shape index (κ1) is 15.2. The Labute approximate surface area is 115 Å². The van der Waals surface area contributed by atoms with Crippen molar-refractivity contribution in [2.24, 2.45) is 0 Å². The number of rotatable bonds is 6. The first-order chi connectivity index (χ1) is 9.06. The maximum absolute atomic E-state index is 12.2. The maximum Gasteiger partial charge on any atom is 0.241 e. The highest BCUT2D eigenvalue weighted by Crippen LogP contribution is 2.11. The second-order valence-corrected chi connectivity index (χ2v) is 4.77. The van der Waals surface area contributed by atoms with Gasteiger partial charge in [-0.2, -0.15) is 5.26 Å². The smallest absolute Gasteiger partial charge is 0.241 e. The first-order valence-corrected chi connectivity index (χ1v) is 6.55. The van der Waals surface area contributed by atoms with Crippen molar-refractivity contribution < 1.29 is 4.79 Å². The zero-order valence-corrected chi connectivity index (χ0v) is 11.8. The van der Waals surface area contributed by atoms with E-state index in [1.54, 1.807) is 0 Å². The summed E-state index contributed by atoms with van der Waals surface area (Å²) in [7, 11) is 0. The fraction of sp³-hybridized carbons (Fsp3) is 0.467. The molecule has 0 spiro atoms. The summed E-state index contributed by atoms with van der Waals surface area (Å²) in [4.78, 5) is 14.2. The van der Waals surface area contributed by atoms with Gasteiger partial charge in [-0.25, -0.2) is 0 Å². The third-order valence-electron chi connectivity index (χ3n) is 3.06. The highest BCUT2D eigenvalue weighted by Gasteiger charge is 2.23. The lowest BCUT2D eigenvalue weighted by atomic mass is 10.2. The molecule has 102 valence electrons. The average Bonchev–Trinajstić information content (AvgIpc) is 2.39. The monoisotopic (exact) mass is 259 g/mol. The number of benzene rings is 1. The summed E-state index contributed by atoms with van der Waals surface area (Å²) in [6.07, 6.45) is 0.432. The van der Waals surface area contributed by atoms with Gasteiger partial charge in [-0.1, -0.05) is 18.2 Å². The Kier molecular flexibility index (Phi) is 6.04. The summed E-state index contributed by atoms with van der Waals surface area (Å²) >= 11 is 0. The molecule has 0 heterocycles. The Balaban J connectivity index is 2.66. The summed E-state index contributed by atoms with van der Waals surface area (Å²) < 4.78 is 0. The Hall–Kier alpha value is -1.86. The van der Waals surface area contributed by atoms with E-state index in [1.165, 1.54) is 0 Å². The molecule has 1 aromatic carbocycles. The van der Waals surface area contributed by atoms with Crippen LogP contribution in [-0.2, 0) is 4.79 Å². The van der Waals surface area contributed by atoms with Crippen molar-refractivity contribution in [3.05, 3.63) is 30.3 Å². The number of para-hydroxylation sites is 1. The maximum atomic E-state index is 12.2. The summed E-state index contributed by atoms with van der Waals surface area (Å²) in [6.45, 7) is 6.54. The van der Waals surface area contributed by atoms with E-state index >= 15 is 0 Å². The Morgan fingerprint density at radius 3 is 2.47 bits per heavy atom. The fourth-order valence-electron chi connectivity index (χ4n) is 2.00. The van der Waals surface area contributed by atoms with Crippen molar-refractivity contribution in [1.82, 2.24) is 4.90 Å². The number of amides is 1. The largest absolute Gasteiger partial charge is 0.325 e. The van der Waals surface area contributed by atoms with E-state index in [0.717, 1.165) is 5.69 Å². The molecule has 1 aromatic rings. The molecule has 0 aliphatic heterocycles. The predicted molar refractivity (Wildman–Crippen MR) is 76.6 cm³/mol. The van der Waals surface area contributed by atoms with Gasteiger partial charge in [0.15, 0.2) is 0 Å². The van der Waals surface area contributed by atoms with Crippen molar-refractivity contribution in [3.8, 4) is 6.07 Å². The van der Waals surface area contributed by atoms with E-state index in [1.807, 2.05) is 56.0 Å². The van der Waals surface area contributed by atoms with Crippen LogP contribution in [0.2, 0.25) is 0 Å². The van der Waals surface area contributed by atoms with Gasteiger partial charge in [0.1, 0.15) is 0 Å². The van der Waals surface area contributed by atoms with Gasteiger partial charge in [-0.3, -0.25) is 9.69 Å². The van der Waals surface area contributed by atoms with Crippen LogP contribution < -0.4 is 5.32 Å². The Morgan fingerprint density at radius 1 is 1.32 bits per heavy atom. The van der Waals surface area contributed by atoms with E-state index in [4.69, 9.17) is 5.26 Å². The number of nitriles is 1. The molecule has 0 aliphatic carbocycles. The summed E-state index contributed by atoms with van der Waals surface area (Å²) in [6, 6.07) is 11.5. The van der Waals surface area contributed by atoms with E-state index in [9.17, 15) is 4.79 Å². The minimum atomic E-state index is -0.256. The Bertz CT molecular complexity index is 436. The third kappa shape index (κ3) is 4.72. The average molecular weight is 259 g/mol. The lowest BCUT2D eigenvalue weighted by molar-refractivity contribution is -0.121. The van der Waals surface area contributed by atoms with Crippen molar-refractivity contribution in [2.75, 3.05) is 11.9 Å². The number of hydrogen-bond donors (Lipinski definition) is 1. The quantitative estimate of drug-likeness (QED) is 0.854.